The van der Waals surface area contributed by atoms with Crippen LogP contribution in [0.4, 0.5) is 0 Å². The van der Waals surface area contributed by atoms with Gasteiger partial charge in [0.1, 0.15) is 12.2 Å². The van der Waals surface area contributed by atoms with Crippen molar-refractivity contribution in [3.63, 3.8) is 0 Å². The largest absolute Gasteiger partial charge is 0.472 e. The molecule has 0 N–H and O–H groups in total. The van der Waals surface area contributed by atoms with Crippen LogP contribution in [0.5, 0.6) is 0 Å². The van der Waals surface area contributed by atoms with E-state index in [0.29, 0.717) is 0 Å². The normalized spacial score (nSPS) is 46.3. The zero-order valence-electron chi connectivity index (χ0n) is 20.1. The number of hydrogen-bond acceptors (Lipinski definition) is 7. The van der Waals surface area contributed by atoms with Gasteiger partial charge in [0.25, 0.3) is 0 Å². The van der Waals surface area contributed by atoms with Crippen LogP contribution in [-0.2, 0) is 28.6 Å². The summed E-state index contributed by atoms with van der Waals surface area (Å²) in [5.41, 5.74) is 0.794. The average Bonchev–Trinajstić information content (AvgIpc) is 3.54. The molecule has 180 valence electrons. The van der Waals surface area contributed by atoms with Gasteiger partial charge in [-0.3, -0.25) is 14.4 Å². The number of allylic oxidation sites excluding steroid dienone is 2. The lowest BCUT2D eigenvalue weighted by Crippen LogP contribution is -2.66. The Morgan fingerprint density at radius 1 is 1.21 bits per heavy atom. The zero-order valence-corrected chi connectivity index (χ0v) is 20.1. The molecule has 0 radical (unpaired) electrons. The minimum atomic E-state index is -0.987. The summed E-state index contributed by atoms with van der Waals surface area (Å²) in [5, 5.41) is 0. The van der Waals surface area contributed by atoms with E-state index in [1.54, 1.807) is 18.6 Å². The number of esters is 2. The third-order valence-corrected chi connectivity index (χ3v) is 9.91. The van der Waals surface area contributed by atoms with E-state index in [1.807, 2.05) is 19.9 Å². The maximum Gasteiger partial charge on any atom is 0.316 e. The predicted octanol–water partition coefficient (Wildman–Crippen LogP) is 3.74. The fourth-order valence-electron chi connectivity index (χ4n) is 8.41. The summed E-state index contributed by atoms with van der Waals surface area (Å²) in [7, 11) is 1.37. The number of carbonyl (C=O) groups is 3. The van der Waals surface area contributed by atoms with Crippen molar-refractivity contribution in [1.29, 1.82) is 0 Å². The van der Waals surface area contributed by atoms with E-state index >= 15 is 0 Å². The van der Waals surface area contributed by atoms with Crippen LogP contribution < -0.4 is 0 Å². The maximum absolute atomic E-state index is 13.7. The van der Waals surface area contributed by atoms with Crippen molar-refractivity contribution in [1.82, 2.24) is 0 Å². The molecule has 0 spiro atoms. The van der Waals surface area contributed by atoms with Gasteiger partial charge in [-0.15, -0.1) is 0 Å². The van der Waals surface area contributed by atoms with E-state index in [9.17, 15) is 14.4 Å². The van der Waals surface area contributed by atoms with Crippen LogP contribution in [0.2, 0.25) is 0 Å². The van der Waals surface area contributed by atoms with Crippen LogP contribution in [0.1, 0.15) is 52.0 Å². The molecule has 7 heteroatoms. The Balaban J connectivity index is 1.58. The monoisotopic (exact) mass is 466 g/mol. The summed E-state index contributed by atoms with van der Waals surface area (Å²) in [5.74, 6) is -1.46. The Morgan fingerprint density at radius 3 is 2.65 bits per heavy atom. The Bertz CT molecular complexity index is 1160. The topological polar surface area (TPSA) is 92.0 Å². The maximum atomic E-state index is 13.7. The molecular formula is C27H30O7. The van der Waals surface area contributed by atoms with Gasteiger partial charge in [-0.05, 0) is 49.5 Å². The molecule has 6 rings (SSSR count). The highest BCUT2D eigenvalue weighted by atomic mass is 16.6. The predicted molar refractivity (Wildman–Crippen MR) is 119 cm³/mol. The second-order valence-corrected chi connectivity index (χ2v) is 11.2. The van der Waals surface area contributed by atoms with Gasteiger partial charge in [-0.25, -0.2) is 0 Å². The third-order valence-electron chi connectivity index (χ3n) is 9.91. The van der Waals surface area contributed by atoms with Crippen LogP contribution in [0, 0.1) is 28.1 Å². The first-order valence-corrected chi connectivity index (χ1v) is 12.0. The van der Waals surface area contributed by atoms with Crippen molar-refractivity contribution in [2.75, 3.05) is 7.11 Å². The number of rotatable bonds is 3. The van der Waals surface area contributed by atoms with E-state index in [1.165, 1.54) is 18.8 Å². The van der Waals surface area contributed by atoms with Crippen LogP contribution in [0.15, 0.2) is 46.3 Å². The minimum absolute atomic E-state index is 0.0658. The molecule has 2 aliphatic heterocycles. The van der Waals surface area contributed by atoms with Crippen molar-refractivity contribution >= 4 is 17.7 Å². The van der Waals surface area contributed by atoms with Gasteiger partial charge in [0, 0.05) is 22.7 Å². The number of furan rings is 1. The number of hydrogen-bond donors (Lipinski definition) is 0. The van der Waals surface area contributed by atoms with Gasteiger partial charge >= 0.3 is 11.9 Å². The van der Waals surface area contributed by atoms with Gasteiger partial charge in [-0.1, -0.05) is 25.5 Å². The highest BCUT2D eigenvalue weighted by Gasteiger charge is 2.77. The summed E-state index contributed by atoms with van der Waals surface area (Å²) in [6.07, 6.45) is 6.29. The molecule has 7 nitrogen and oxygen atoms in total. The second kappa shape index (κ2) is 6.72. The van der Waals surface area contributed by atoms with Crippen molar-refractivity contribution in [2.24, 2.45) is 28.1 Å². The number of ketones is 1. The standard InChI is InChI=1S/C27H30O7/c1-13-15(14-7-9-32-12-14)10-16-20(13)27(4)17(11-19(29)31-5)26(3)18(28)6-8-25(2)22(26)21(23(27)33-16)34-24(25)30/h6-9,12,15-17,21-23H,10-11H2,1-5H3/t15-,16+,17?,21-,22?,23-,25-,26?,27?/m1/s1. The third kappa shape index (κ3) is 2.34. The zero-order chi connectivity index (χ0) is 24.2. The van der Waals surface area contributed by atoms with Gasteiger partial charge in [0.05, 0.1) is 37.6 Å². The number of ether oxygens (including phenoxy) is 3. The first-order chi connectivity index (χ1) is 16.1. The van der Waals surface area contributed by atoms with Gasteiger partial charge < -0.3 is 18.6 Å². The van der Waals surface area contributed by atoms with Crippen molar-refractivity contribution in [2.45, 2.75) is 64.8 Å². The molecule has 3 fully saturated rings. The van der Waals surface area contributed by atoms with Crippen LogP contribution in [0.25, 0.3) is 0 Å². The highest BCUT2D eigenvalue weighted by Crippen LogP contribution is 2.72. The second-order valence-electron chi connectivity index (χ2n) is 11.2. The van der Waals surface area contributed by atoms with Gasteiger partial charge in [-0.2, -0.15) is 0 Å². The van der Waals surface area contributed by atoms with E-state index in [2.05, 4.69) is 13.8 Å². The van der Waals surface area contributed by atoms with Crippen LogP contribution >= 0.6 is 0 Å². The van der Waals surface area contributed by atoms with Crippen LogP contribution in [0.3, 0.4) is 0 Å². The molecule has 34 heavy (non-hydrogen) atoms. The number of carbonyl (C=O) groups excluding carboxylic acids is 3. The van der Waals surface area contributed by atoms with E-state index in [-0.39, 0.29) is 36.2 Å². The molecule has 1 saturated carbocycles. The first kappa shape index (κ1) is 21.8. The van der Waals surface area contributed by atoms with Crippen molar-refractivity contribution in [3.05, 3.63) is 47.5 Å². The average molecular weight is 467 g/mol. The Morgan fingerprint density at radius 2 is 1.97 bits per heavy atom. The van der Waals surface area contributed by atoms with Gasteiger partial charge in [0.2, 0.25) is 0 Å². The van der Waals surface area contributed by atoms with Crippen molar-refractivity contribution in [3.8, 4) is 0 Å². The Kier molecular flexibility index (Phi) is 4.31. The molecule has 5 aliphatic rings. The molecule has 0 amide bonds. The summed E-state index contributed by atoms with van der Waals surface area (Å²) in [6.45, 7) is 7.96. The lowest BCUT2D eigenvalue weighted by molar-refractivity contribution is -0.190. The first-order valence-electron chi connectivity index (χ1n) is 12.0. The SMILES string of the molecule is COC(=O)CC1C2(C)C(=O)C=C[C@@]3(C)C(=O)O[C@H](C23)[C@H]2O[C@H]3C[C@@H](c4ccoc4)C(C)=C3C12C. The Hall–Kier alpha value is -2.67. The smallest absolute Gasteiger partial charge is 0.316 e. The molecule has 1 aromatic heterocycles. The summed E-state index contributed by atoms with van der Waals surface area (Å²) in [6, 6.07) is 1.97. The summed E-state index contributed by atoms with van der Waals surface area (Å²) in [4.78, 5) is 39.6. The van der Waals surface area contributed by atoms with E-state index < -0.39 is 40.3 Å². The quantitative estimate of drug-likeness (QED) is 0.495. The molecule has 0 bridgehead atoms. The van der Waals surface area contributed by atoms with E-state index in [4.69, 9.17) is 18.6 Å². The summed E-state index contributed by atoms with van der Waals surface area (Å²) < 4.78 is 23.2. The number of fused-ring (bicyclic) bond motifs is 4. The Labute approximate surface area is 198 Å². The molecule has 3 aliphatic carbocycles. The molecular weight excluding hydrogens is 436 g/mol. The highest BCUT2D eigenvalue weighted by molar-refractivity contribution is 6.00. The minimum Gasteiger partial charge on any atom is -0.472 e. The van der Waals surface area contributed by atoms with Crippen LogP contribution in [-0.4, -0.2) is 43.1 Å². The molecule has 2 saturated heterocycles. The fourth-order valence-corrected chi connectivity index (χ4v) is 8.41. The van der Waals surface area contributed by atoms with Gasteiger partial charge in [0.15, 0.2) is 5.78 Å². The molecule has 0 aromatic carbocycles. The fraction of sp³-hybridized carbons (Fsp3) is 0.593. The summed E-state index contributed by atoms with van der Waals surface area (Å²) >= 11 is 0. The van der Waals surface area contributed by atoms with Crippen molar-refractivity contribution < 1.29 is 33.0 Å². The molecule has 9 atom stereocenters. The number of methoxy groups -OCH3 is 1. The molecule has 1 aromatic rings. The molecule has 4 unspecified atom stereocenters. The lowest BCUT2D eigenvalue weighted by Gasteiger charge is -2.59. The lowest BCUT2D eigenvalue weighted by atomic mass is 9.42. The van der Waals surface area contributed by atoms with E-state index in [0.717, 1.165) is 17.6 Å². The molecule has 3 heterocycles.